The summed E-state index contributed by atoms with van der Waals surface area (Å²) in [5, 5.41) is 21.4. The third-order valence-electron chi connectivity index (χ3n) is 10.3. The highest BCUT2D eigenvalue weighted by Crippen LogP contribution is 2.32. The Hall–Kier alpha value is -0.730. The average molecular weight is 669 g/mol. The average Bonchev–Trinajstić information content (AvgIpc) is 3.44. The van der Waals surface area contributed by atoms with E-state index in [4.69, 9.17) is 18.9 Å². The first-order chi connectivity index (χ1) is 23.1. The first-order valence-electron chi connectivity index (χ1n) is 20.5. The monoisotopic (exact) mass is 669 g/mol. The van der Waals surface area contributed by atoms with E-state index in [1.54, 1.807) is 0 Å². The molecule has 0 aliphatic carbocycles. The van der Waals surface area contributed by atoms with Crippen molar-refractivity contribution in [3.05, 3.63) is 0 Å². The molecule has 7 nitrogen and oxygen atoms in total. The molecule has 2 fully saturated rings. The number of rotatable bonds is 19. The Morgan fingerprint density at radius 3 is 1.40 bits per heavy atom. The van der Waals surface area contributed by atoms with E-state index in [1.165, 1.54) is 141 Å². The first kappa shape index (κ1) is 42.4. The molecule has 0 aromatic carbocycles. The molecule has 278 valence electrons. The fourth-order valence-corrected chi connectivity index (χ4v) is 7.17. The largest absolute Gasteiger partial charge is 0.456 e. The second-order valence-electron chi connectivity index (χ2n) is 14.6. The molecule has 2 saturated heterocycles. The second-order valence-corrected chi connectivity index (χ2v) is 14.6. The fraction of sp³-hybridized carbons (Fsp3) is 0.975. The number of aliphatic hydroxyl groups excluding tert-OH is 2. The Labute approximate surface area is 289 Å². The molecule has 3 atom stereocenters. The van der Waals surface area contributed by atoms with Gasteiger partial charge in [0.05, 0.1) is 19.8 Å². The Morgan fingerprint density at radius 1 is 0.617 bits per heavy atom. The zero-order valence-electron chi connectivity index (χ0n) is 30.7. The van der Waals surface area contributed by atoms with Crippen molar-refractivity contribution in [2.45, 2.75) is 224 Å². The maximum absolute atomic E-state index is 12.9. The molecule has 2 aliphatic heterocycles. The Bertz CT molecular complexity index is 697. The van der Waals surface area contributed by atoms with Crippen LogP contribution < -0.4 is 0 Å². The van der Waals surface area contributed by atoms with E-state index >= 15 is 0 Å². The summed E-state index contributed by atoms with van der Waals surface area (Å²) < 4.78 is 24.3. The summed E-state index contributed by atoms with van der Waals surface area (Å²) in [4.78, 5) is 12.9. The van der Waals surface area contributed by atoms with Crippen molar-refractivity contribution in [2.24, 2.45) is 0 Å². The molecule has 0 amide bonds. The topological polar surface area (TPSA) is 94.5 Å². The number of esters is 1. The number of carbonyl (C=O) groups excluding carboxylic acids is 1. The van der Waals surface area contributed by atoms with Gasteiger partial charge in [-0.15, -0.1) is 0 Å². The van der Waals surface area contributed by atoms with Crippen LogP contribution in [0.1, 0.15) is 200 Å². The Balaban J connectivity index is 1.72. The van der Waals surface area contributed by atoms with Crippen molar-refractivity contribution in [3.8, 4) is 0 Å². The minimum atomic E-state index is -1.46. The molecule has 0 saturated carbocycles. The van der Waals surface area contributed by atoms with Crippen LogP contribution in [0.2, 0.25) is 0 Å². The highest BCUT2D eigenvalue weighted by molar-refractivity contribution is 5.69. The van der Waals surface area contributed by atoms with Crippen LogP contribution in [0.3, 0.4) is 0 Å². The minimum absolute atomic E-state index is 0.0239. The van der Waals surface area contributed by atoms with Crippen molar-refractivity contribution in [1.82, 2.24) is 0 Å². The van der Waals surface area contributed by atoms with Gasteiger partial charge in [0.15, 0.2) is 12.2 Å². The molecule has 0 unspecified atom stereocenters. The predicted molar refractivity (Wildman–Crippen MR) is 192 cm³/mol. The summed E-state index contributed by atoms with van der Waals surface area (Å²) in [7, 11) is 0. The summed E-state index contributed by atoms with van der Waals surface area (Å²) in [6.45, 7) is 2.73. The smallest absolute Gasteiger partial charge is 0.306 e. The molecular formula is C40H76O7. The van der Waals surface area contributed by atoms with Gasteiger partial charge in [0.2, 0.25) is 5.79 Å². The van der Waals surface area contributed by atoms with Crippen LogP contribution in [-0.2, 0) is 23.7 Å². The van der Waals surface area contributed by atoms with Crippen molar-refractivity contribution >= 4 is 5.97 Å². The van der Waals surface area contributed by atoms with Gasteiger partial charge in [0, 0.05) is 6.42 Å². The van der Waals surface area contributed by atoms with Gasteiger partial charge in [-0.25, -0.2) is 0 Å². The molecule has 47 heavy (non-hydrogen) atoms. The molecule has 7 heteroatoms. The van der Waals surface area contributed by atoms with Gasteiger partial charge in [-0.3, -0.25) is 4.79 Å². The molecule has 2 aliphatic rings. The van der Waals surface area contributed by atoms with Gasteiger partial charge in [-0.1, -0.05) is 174 Å². The summed E-state index contributed by atoms with van der Waals surface area (Å²) in [6, 6.07) is 0. The van der Waals surface area contributed by atoms with Crippen LogP contribution in [0.15, 0.2) is 0 Å². The van der Waals surface area contributed by atoms with Gasteiger partial charge >= 0.3 is 5.97 Å². The lowest BCUT2D eigenvalue weighted by atomic mass is 10.0. The van der Waals surface area contributed by atoms with Crippen LogP contribution in [0, 0.1) is 0 Å². The van der Waals surface area contributed by atoms with Gasteiger partial charge in [0.1, 0.15) is 12.7 Å². The maximum Gasteiger partial charge on any atom is 0.306 e. The van der Waals surface area contributed by atoms with E-state index in [0.29, 0.717) is 19.6 Å². The van der Waals surface area contributed by atoms with E-state index in [9.17, 15) is 15.0 Å². The molecule has 2 rings (SSSR count). The SMILES string of the molecule is CCCCCCCCCCCCCCCCCC(=O)O[C@@H]1[C@@H](O)CO[C@@H]1C1(CO)OCCCCCCCCCCCCCCCCO1. The summed E-state index contributed by atoms with van der Waals surface area (Å²) >= 11 is 0. The van der Waals surface area contributed by atoms with Crippen LogP contribution in [-0.4, -0.2) is 66.7 Å². The van der Waals surface area contributed by atoms with E-state index in [1.807, 2.05) is 0 Å². The third-order valence-corrected chi connectivity index (χ3v) is 10.3. The van der Waals surface area contributed by atoms with Crippen molar-refractivity contribution in [3.63, 3.8) is 0 Å². The van der Waals surface area contributed by atoms with Crippen LogP contribution in [0.25, 0.3) is 0 Å². The van der Waals surface area contributed by atoms with E-state index in [2.05, 4.69) is 6.92 Å². The fourth-order valence-electron chi connectivity index (χ4n) is 7.17. The number of unbranched alkanes of at least 4 members (excludes halogenated alkanes) is 14. The summed E-state index contributed by atoms with van der Waals surface area (Å²) in [5.41, 5.74) is 0. The predicted octanol–water partition coefficient (Wildman–Crippen LogP) is 10.1. The lowest BCUT2D eigenvalue weighted by Gasteiger charge is -2.38. The van der Waals surface area contributed by atoms with Gasteiger partial charge in [-0.2, -0.15) is 0 Å². The molecule has 0 spiro atoms. The molecule has 2 N–H and O–H groups in total. The maximum atomic E-state index is 12.9. The number of carbonyl (C=O) groups is 1. The van der Waals surface area contributed by atoms with Crippen LogP contribution in [0.4, 0.5) is 0 Å². The quantitative estimate of drug-likeness (QED) is 0.104. The Morgan fingerprint density at radius 2 is 1.00 bits per heavy atom. The molecule has 0 aromatic heterocycles. The van der Waals surface area contributed by atoms with Crippen LogP contribution >= 0.6 is 0 Å². The zero-order chi connectivity index (χ0) is 33.7. The molecule has 0 aromatic rings. The molecular weight excluding hydrogens is 592 g/mol. The first-order valence-corrected chi connectivity index (χ1v) is 20.5. The summed E-state index contributed by atoms with van der Waals surface area (Å²) in [5.74, 6) is -1.79. The number of aliphatic hydroxyl groups is 2. The van der Waals surface area contributed by atoms with Gasteiger partial charge in [0.25, 0.3) is 0 Å². The lowest BCUT2D eigenvalue weighted by molar-refractivity contribution is -0.310. The minimum Gasteiger partial charge on any atom is -0.456 e. The van der Waals surface area contributed by atoms with E-state index < -0.39 is 30.7 Å². The normalized spacial score (nSPS) is 24.3. The number of ether oxygens (including phenoxy) is 4. The van der Waals surface area contributed by atoms with Gasteiger partial charge in [-0.05, 0) is 19.3 Å². The third kappa shape index (κ3) is 19.9. The molecule has 2 heterocycles. The Kier molecular flexibility index (Phi) is 26.2. The van der Waals surface area contributed by atoms with Crippen molar-refractivity contribution in [1.29, 1.82) is 0 Å². The van der Waals surface area contributed by atoms with Crippen LogP contribution in [0.5, 0.6) is 0 Å². The lowest BCUT2D eigenvalue weighted by Crippen LogP contribution is -2.57. The highest BCUT2D eigenvalue weighted by atomic mass is 16.7. The highest BCUT2D eigenvalue weighted by Gasteiger charge is 2.54. The van der Waals surface area contributed by atoms with Gasteiger partial charge < -0.3 is 29.2 Å². The molecule has 0 bridgehead atoms. The van der Waals surface area contributed by atoms with Crippen molar-refractivity contribution < 1.29 is 34.0 Å². The standard InChI is InChI=1S/C40H76O7/c1-2-3-4-5-6-7-8-9-10-13-16-19-22-25-28-31-37(43)47-38-36(42)34-44-39(38)40(35-41)45-32-29-26-23-20-17-14-11-12-15-18-21-24-27-30-33-46-40/h36,38-39,41-42H,2-35H2,1H3/t36-,38+,39-/m0/s1. The number of hydrogen-bond donors (Lipinski definition) is 2. The zero-order valence-corrected chi connectivity index (χ0v) is 30.7. The van der Waals surface area contributed by atoms with E-state index in [-0.39, 0.29) is 12.6 Å². The molecule has 0 radical (unpaired) electrons. The second kappa shape index (κ2) is 29.0. The number of hydrogen-bond acceptors (Lipinski definition) is 7. The van der Waals surface area contributed by atoms with E-state index in [0.717, 1.165) is 44.9 Å². The summed E-state index contributed by atoms with van der Waals surface area (Å²) in [6.07, 6.45) is 33.4. The van der Waals surface area contributed by atoms with Crippen molar-refractivity contribution in [2.75, 3.05) is 26.4 Å².